The van der Waals surface area contributed by atoms with Crippen molar-refractivity contribution >= 4 is 21.9 Å². The minimum atomic E-state index is -3.91. The van der Waals surface area contributed by atoms with E-state index in [1.165, 1.54) is 0 Å². The highest BCUT2D eigenvalue weighted by Gasteiger charge is 2.37. The van der Waals surface area contributed by atoms with Gasteiger partial charge in [0.15, 0.2) is 0 Å². The standard InChI is InChI=1S/C17H28N2O4S/c1-11(2)19-16(17(20)23-12(3)4)10-15(18-24(19,21)22)14-8-6-13(5)7-9-14/h10-14H,6-9H2,1-5H3. The van der Waals surface area contributed by atoms with Crippen molar-refractivity contribution in [2.75, 3.05) is 0 Å². The van der Waals surface area contributed by atoms with E-state index in [1.54, 1.807) is 33.8 Å². The van der Waals surface area contributed by atoms with E-state index in [4.69, 9.17) is 4.74 Å². The highest BCUT2D eigenvalue weighted by atomic mass is 32.2. The first-order chi connectivity index (χ1) is 11.1. The molecule has 0 aromatic carbocycles. The van der Waals surface area contributed by atoms with E-state index >= 15 is 0 Å². The second-order valence-corrected chi connectivity index (χ2v) is 8.80. The molecule has 0 amide bonds. The Kier molecular flexibility index (Phi) is 5.73. The van der Waals surface area contributed by atoms with Gasteiger partial charge in [-0.1, -0.05) is 19.8 Å². The summed E-state index contributed by atoms with van der Waals surface area (Å²) in [5.41, 5.74) is 0.567. The molecule has 0 N–H and O–H groups in total. The number of allylic oxidation sites excluding steroid dienone is 1. The van der Waals surface area contributed by atoms with Crippen LogP contribution in [0.3, 0.4) is 0 Å². The van der Waals surface area contributed by atoms with Crippen LogP contribution in [-0.4, -0.2) is 36.5 Å². The molecule has 0 bridgehead atoms. The molecule has 0 atom stereocenters. The lowest BCUT2D eigenvalue weighted by atomic mass is 9.80. The number of hydrogen-bond acceptors (Lipinski definition) is 4. The molecule has 1 saturated carbocycles. The SMILES string of the molecule is CC1CCC(C2=NS(=O)(=O)N(C(C)C)C(C(=O)OC(C)C)=C2)CC1. The maximum atomic E-state index is 12.6. The van der Waals surface area contributed by atoms with Gasteiger partial charge in [0.2, 0.25) is 0 Å². The third-order valence-corrected chi connectivity index (χ3v) is 6.00. The van der Waals surface area contributed by atoms with Gasteiger partial charge < -0.3 is 4.74 Å². The van der Waals surface area contributed by atoms with Crippen LogP contribution in [0.5, 0.6) is 0 Å². The summed E-state index contributed by atoms with van der Waals surface area (Å²) in [7, 11) is -3.91. The average Bonchev–Trinajstić information content (AvgIpc) is 2.44. The van der Waals surface area contributed by atoms with Crippen LogP contribution in [0.4, 0.5) is 0 Å². The number of rotatable bonds is 4. The highest BCUT2D eigenvalue weighted by Crippen LogP contribution is 2.33. The fourth-order valence-electron chi connectivity index (χ4n) is 3.25. The van der Waals surface area contributed by atoms with Crippen molar-refractivity contribution in [3.05, 3.63) is 11.8 Å². The van der Waals surface area contributed by atoms with E-state index in [2.05, 4.69) is 11.3 Å². The zero-order valence-electron chi connectivity index (χ0n) is 15.2. The van der Waals surface area contributed by atoms with Gasteiger partial charge in [-0.2, -0.15) is 8.42 Å². The first-order valence-electron chi connectivity index (χ1n) is 8.68. The Morgan fingerprint density at radius 3 is 2.29 bits per heavy atom. The molecule has 2 rings (SSSR count). The van der Waals surface area contributed by atoms with Crippen LogP contribution < -0.4 is 0 Å². The summed E-state index contributed by atoms with van der Waals surface area (Å²) in [5.74, 6) is 0.134. The average molecular weight is 356 g/mol. The quantitative estimate of drug-likeness (QED) is 0.726. The molecule has 6 nitrogen and oxygen atoms in total. The Morgan fingerprint density at radius 1 is 1.21 bits per heavy atom. The lowest BCUT2D eigenvalue weighted by Gasteiger charge is -2.33. The summed E-state index contributed by atoms with van der Waals surface area (Å²) >= 11 is 0. The van der Waals surface area contributed by atoms with Crippen LogP contribution in [0.25, 0.3) is 0 Å². The van der Waals surface area contributed by atoms with Gasteiger partial charge in [-0.05, 0) is 52.5 Å². The molecule has 0 aromatic heterocycles. The lowest BCUT2D eigenvalue weighted by molar-refractivity contribution is -0.144. The van der Waals surface area contributed by atoms with Crippen LogP contribution in [0.1, 0.15) is 60.3 Å². The molecule has 136 valence electrons. The molecule has 0 aromatic rings. The maximum Gasteiger partial charge on any atom is 0.356 e. The summed E-state index contributed by atoms with van der Waals surface area (Å²) in [5, 5.41) is 0. The van der Waals surface area contributed by atoms with Crippen LogP contribution >= 0.6 is 0 Å². The molecule has 0 radical (unpaired) electrons. The van der Waals surface area contributed by atoms with Crippen molar-refractivity contribution in [2.24, 2.45) is 16.2 Å². The minimum Gasteiger partial charge on any atom is -0.458 e. The Labute approximate surface area is 145 Å². The molecule has 1 aliphatic carbocycles. The minimum absolute atomic E-state index is 0.0716. The fraction of sp³-hybridized carbons (Fsp3) is 0.765. The second kappa shape index (κ2) is 7.25. The summed E-state index contributed by atoms with van der Waals surface area (Å²) in [4.78, 5) is 12.4. The number of carbonyl (C=O) groups excluding carboxylic acids is 1. The van der Waals surface area contributed by atoms with Gasteiger partial charge in [0.1, 0.15) is 5.70 Å². The van der Waals surface area contributed by atoms with E-state index in [9.17, 15) is 13.2 Å². The largest absolute Gasteiger partial charge is 0.458 e. The zero-order chi connectivity index (χ0) is 18.1. The van der Waals surface area contributed by atoms with Crippen molar-refractivity contribution in [1.29, 1.82) is 0 Å². The topological polar surface area (TPSA) is 76.0 Å². The van der Waals surface area contributed by atoms with Gasteiger partial charge in [-0.3, -0.25) is 0 Å². The van der Waals surface area contributed by atoms with Crippen molar-refractivity contribution in [2.45, 2.75) is 72.4 Å². The van der Waals surface area contributed by atoms with Crippen molar-refractivity contribution in [3.8, 4) is 0 Å². The molecular formula is C17H28N2O4S. The molecule has 2 aliphatic rings. The maximum absolute atomic E-state index is 12.6. The summed E-state index contributed by atoms with van der Waals surface area (Å²) in [6.07, 6.45) is 5.22. The zero-order valence-corrected chi connectivity index (χ0v) is 16.0. The van der Waals surface area contributed by atoms with Gasteiger partial charge in [0.25, 0.3) is 0 Å². The Balaban J connectivity index is 2.38. The normalized spacial score (nSPS) is 27.0. The predicted octanol–water partition coefficient (Wildman–Crippen LogP) is 3.06. The molecule has 7 heteroatoms. The molecular weight excluding hydrogens is 328 g/mol. The van der Waals surface area contributed by atoms with Crippen LogP contribution in [0, 0.1) is 11.8 Å². The van der Waals surface area contributed by atoms with E-state index in [0.29, 0.717) is 11.6 Å². The van der Waals surface area contributed by atoms with Gasteiger partial charge in [-0.25, -0.2) is 9.10 Å². The van der Waals surface area contributed by atoms with Gasteiger partial charge in [0, 0.05) is 12.0 Å². The third-order valence-electron chi connectivity index (χ3n) is 4.45. The third kappa shape index (κ3) is 4.18. The summed E-state index contributed by atoms with van der Waals surface area (Å²) < 4.78 is 35.6. The predicted molar refractivity (Wildman–Crippen MR) is 93.8 cm³/mol. The van der Waals surface area contributed by atoms with Crippen LogP contribution in [0.2, 0.25) is 0 Å². The molecule has 0 unspecified atom stereocenters. The van der Waals surface area contributed by atoms with Crippen molar-refractivity contribution in [1.82, 2.24) is 4.31 Å². The first kappa shape index (κ1) is 19.0. The molecule has 0 saturated heterocycles. The van der Waals surface area contributed by atoms with E-state index in [-0.39, 0.29) is 17.7 Å². The number of esters is 1. The molecule has 0 spiro atoms. The Bertz CT molecular complexity index is 642. The number of carbonyl (C=O) groups is 1. The molecule has 1 aliphatic heterocycles. The first-order valence-corrected chi connectivity index (χ1v) is 10.1. The van der Waals surface area contributed by atoms with Gasteiger partial charge in [-0.15, -0.1) is 4.40 Å². The van der Waals surface area contributed by atoms with E-state index < -0.39 is 22.2 Å². The second-order valence-electron chi connectivity index (χ2n) is 7.32. The molecule has 24 heavy (non-hydrogen) atoms. The Hall–Kier alpha value is -1.37. The van der Waals surface area contributed by atoms with E-state index in [0.717, 1.165) is 30.0 Å². The molecule has 1 heterocycles. The number of nitrogens with zero attached hydrogens (tertiary/aromatic N) is 2. The van der Waals surface area contributed by atoms with Gasteiger partial charge >= 0.3 is 16.2 Å². The summed E-state index contributed by atoms with van der Waals surface area (Å²) in [6.45, 7) is 9.13. The smallest absolute Gasteiger partial charge is 0.356 e. The summed E-state index contributed by atoms with van der Waals surface area (Å²) in [6, 6.07) is -0.405. The lowest BCUT2D eigenvalue weighted by Crippen LogP contribution is -2.42. The fourth-order valence-corrected chi connectivity index (χ4v) is 4.71. The highest BCUT2D eigenvalue weighted by molar-refractivity contribution is 7.88. The molecule has 1 fully saturated rings. The van der Waals surface area contributed by atoms with Crippen LogP contribution in [-0.2, 0) is 19.7 Å². The number of ether oxygens (including phenoxy) is 1. The van der Waals surface area contributed by atoms with E-state index in [1.807, 2.05) is 0 Å². The number of hydrogen-bond donors (Lipinski definition) is 0. The Morgan fingerprint density at radius 2 is 1.79 bits per heavy atom. The van der Waals surface area contributed by atoms with Gasteiger partial charge in [0.05, 0.1) is 11.8 Å². The van der Waals surface area contributed by atoms with Crippen LogP contribution in [0.15, 0.2) is 16.2 Å². The van der Waals surface area contributed by atoms with Crippen molar-refractivity contribution in [3.63, 3.8) is 0 Å². The monoisotopic (exact) mass is 356 g/mol. The van der Waals surface area contributed by atoms with Crippen molar-refractivity contribution < 1.29 is 17.9 Å².